The molecule has 2 amide bonds. The summed E-state index contributed by atoms with van der Waals surface area (Å²) in [4.78, 5) is 31.4. The Kier molecular flexibility index (Phi) is 7.12. The Morgan fingerprint density at radius 2 is 2.03 bits per heavy atom. The van der Waals surface area contributed by atoms with Crippen molar-refractivity contribution in [3.05, 3.63) is 47.7 Å². The average Bonchev–Trinajstić information content (AvgIpc) is 3.15. The van der Waals surface area contributed by atoms with Gasteiger partial charge >= 0.3 is 0 Å². The second-order valence-corrected chi connectivity index (χ2v) is 9.97. The third-order valence-electron chi connectivity index (χ3n) is 6.10. The zero-order valence-electron chi connectivity index (χ0n) is 19.4. The minimum Gasteiger partial charge on any atom is -0.483 e. The monoisotopic (exact) mass is 469 g/mol. The number of thioether (sulfide) groups is 1. The van der Waals surface area contributed by atoms with E-state index < -0.39 is 0 Å². The number of nitrogens with zero attached hydrogens (tertiary/aromatic N) is 2. The Hall–Kier alpha value is -2.74. The van der Waals surface area contributed by atoms with Crippen LogP contribution in [0, 0.1) is 5.92 Å². The Bertz CT molecular complexity index is 1020. The summed E-state index contributed by atoms with van der Waals surface area (Å²) in [7, 11) is 0. The van der Waals surface area contributed by atoms with E-state index in [-0.39, 0.29) is 24.0 Å². The summed E-state index contributed by atoms with van der Waals surface area (Å²) < 4.78 is 11.8. The first-order valence-electron chi connectivity index (χ1n) is 11.3. The number of amides is 2. The maximum Gasteiger partial charge on any atom is 0.257 e. The number of nitrogens with one attached hydrogen (secondary N) is 1. The lowest BCUT2D eigenvalue weighted by Crippen LogP contribution is -2.42. The SMILES string of the molecule is CSc1ncccc1C(=O)N1CCC(CNC(=O)COc2cccc3c2OC(C)(C)C3)CC1. The van der Waals surface area contributed by atoms with Gasteiger partial charge in [0.05, 0.1) is 5.56 Å². The molecule has 1 aromatic carbocycles. The topological polar surface area (TPSA) is 80.8 Å². The van der Waals surface area contributed by atoms with E-state index in [1.165, 1.54) is 11.8 Å². The molecule has 0 bridgehead atoms. The van der Waals surface area contributed by atoms with E-state index in [1.54, 1.807) is 12.3 Å². The molecule has 0 aliphatic carbocycles. The van der Waals surface area contributed by atoms with Gasteiger partial charge in [0.15, 0.2) is 18.1 Å². The number of likely N-dealkylation sites (tertiary alicyclic amines) is 1. The van der Waals surface area contributed by atoms with Crippen LogP contribution in [0.3, 0.4) is 0 Å². The number of para-hydroxylation sites is 1. The van der Waals surface area contributed by atoms with Crippen molar-refractivity contribution in [3.8, 4) is 11.5 Å². The third kappa shape index (κ3) is 5.61. The quantitative estimate of drug-likeness (QED) is 0.625. The van der Waals surface area contributed by atoms with Crippen LogP contribution in [0.15, 0.2) is 41.6 Å². The first-order chi connectivity index (χ1) is 15.9. The molecular formula is C25H31N3O4S. The molecule has 0 spiro atoms. The molecule has 33 heavy (non-hydrogen) atoms. The third-order valence-corrected chi connectivity index (χ3v) is 6.81. The van der Waals surface area contributed by atoms with Gasteiger partial charge in [0.25, 0.3) is 11.8 Å². The molecule has 4 rings (SSSR count). The highest BCUT2D eigenvalue weighted by Gasteiger charge is 2.32. The molecule has 176 valence electrons. The minimum absolute atomic E-state index is 0.0316. The molecule has 2 aliphatic rings. The average molecular weight is 470 g/mol. The second-order valence-electron chi connectivity index (χ2n) is 9.17. The van der Waals surface area contributed by atoms with Crippen LogP contribution in [-0.2, 0) is 11.2 Å². The van der Waals surface area contributed by atoms with E-state index in [1.807, 2.05) is 49.3 Å². The minimum atomic E-state index is -0.256. The van der Waals surface area contributed by atoms with Crippen LogP contribution in [-0.4, -0.2) is 59.8 Å². The number of aromatic nitrogens is 1. The van der Waals surface area contributed by atoms with E-state index in [0.29, 0.717) is 36.9 Å². The second kappa shape index (κ2) is 10.0. The van der Waals surface area contributed by atoms with Crippen LogP contribution >= 0.6 is 11.8 Å². The largest absolute Gasteiger partial charge is 0.483 e. The first kappa shape index (κ1) is 23.4. The number of carbonyl (C=O) groups excluding carboxylic acids is 2. The molecule has 0 radical (unpaired) electrons. The maximum absolute atomic E-state index is 12.9. The number of pyridine rings is 1. The van der Waals surface area contributed by atoms with Crippen LogP contribution in [0.25, 0.3) is 0 Å². The van der Waals surface area contributed by atoms with Crippen molar-refractivity contribution in [1.29, 1.82) is 0 Å². The smallest absolute Gasteiger partial charge is 0.257 e. The normalized spacial score (nSPS) is 17.2. The fourth-order valence-corrected chi connectivity index (χ4v) is 4.92. The molecule has 1 fully saturated rings. The van der Waals surface area contributed by atoms with Gasteiger partial charge in [0.2, 0.25) is 0 Å². The van der Waals surface area contributed by atoms with Crippen LogP contribution in [0.4, 0.5) is 0 Å². The zero-order valence-corrected chi connectivity index (χ0v) is 20.2. The lowest BCUT2D eigenvalue weighted by Gasteiger charge is -2.32. The molecule has 1 N–H and O–H groups in total. The van der Waals surface area contributed by atoms with Crippen molar-refractivity contribution < 1.29 is 19.1 Å². The van der Waals surface area contributed by atoms with Gasteiger partial charge in [-0.3, -0.25) is 9.59 Å². The molecule has 2 aliphatic heterocycles. The Labute approximate surface area is 199 Å². The highest BCUT2D eigenvalue weighted by Crippen LogP contribution is 2.41. The number of ether oxygens (including phenoxy) is 2. The van der Waals surface area contributed by atoms with Gasteiger partial charge in [-0.2, -0.15) is 0 Å². The number of hydrogen-bond donors (Lipinski definition) is 1. The number of hydrogen-bond acceptors (Lipinski definition) is 6. The number of carbonyl (C=O) groups is 2. The Morgan fingerprint density at radius 1 is 1.24 bits per heavy atom. The molecule has 0 saturated carbocycles. The fraction of sp³-hybridized carbons (Fsp3) is 0.480. The van der Waals surface area contributed by atoms with Crippen molar-refractivity contribution >= 4 is 23.6 Å². The van der Waals surface area contributed by atoms with E-state index >= 15 is 0 Å². The lowest BCUT2D eigenvalue weighted by molar-refractivity contribution is -0.123. The van der Waals surface area contributed by atoms with Crippen LogP contribution < -0.4 is 14.8 Å². The van der Waals surface area contributed by atoms with Crippen molar-refractivity contribution in [3.63, 3.8) is 0 Å². The molecular weight excluding hydrogens is 438 g/mol. The van der Waals surface area contributed by atoms with Crippen LogP contribution in [0.1, 0.15) is 42.6 Å². The number of rotatable bonds is 7. The summed E-state index contributed by atoms with van der Waals surface area (Å²) in [5.41, 5.74) is 1.51. The van der Waals surface area contributed by atoms with Gasteiger partial charge in [0, 0.05) is 37.8 Å². The van der Waals surface area contributed by atoms with Crippen molar-refractivity contribution in [2.75, 3.05) is 32.5 Å². The molecule has 7 nitrogen and oxygen atoms in total. The maximum atomic E-state index is 12.9. The van der Waals surface area contributed by atoms with E-state index in [0.717, 1.165) is 35.6 Å². The summed E-state index contributed by atoms with van der Waals surface area (Å²) in [5.74, 6) is 1.58. The molecule has 2 aromatic rings. The van der Waals surface area contributed by atoms with Gasteiger partial charge in [-0.25, -0.2) is 4.98 Å². The Morgan fingerprint density at radius 3 is 2.79 bits per heavy atom. The molecule has 1 saturated heterocycles. The summed E-state index contributed by atoms with van der Waals surface area (Å²) in [6.45, 7) is 5.99. The van der Waals surface area contributed by atoms with Gasteiger partial charge in [-0.05, 0) is 57.1 Å². The van der Waals surface area contributed by atoms with Crippen molar-refractivity contribution in [1.82, 2.24) is 15.2 Å². The van der Waals surface area contributed by atoms with E-state index in [4.69, 9.17) is 9.47 Å². The summed E-state index contributed by atoms with van der Waals surface area (Å²) >= 11 is 1.48. The highest BCUT2D eigenvalue weighted by atomic mass is 32.2. The summed E-state index contributed by atoms with van der Waals surface area (Å²) in [6.07, 6.45) is 6.18. The van der Waals surface area contributed by atoms with Crippen LogP contribution in [0.2, 0.25) is 0 Å². The number of fused-ring (bicyclic) bond motifs is 1. The molecule has 0 atom stereocenters. The molecule has 0 unspecified atom stereocenters. The fourth-order valence-electron chi connectivity index (χ4n) is 4.38. The summed E-state index contributed by atoms with van der Waals surface area (Å²) in [5, 5.41) is 3.74. The van der Waals surface area contributed by atoms with Gasteiger partial charge in [-0.15, -0.1) is 11.8 Å². The first-order valence-corrected chi connectivity index (χ1v) is 12.6. The number of piperidine rings is 1. The van der Waals surface area contributed by atoms with Gasteiger partial charge in [-0.1, -0.05) is 12.1 Å². The molecule has 3 heterocycles. The van der Waals surface area contributed by atoms with Crippen molar-refractivity contribution in [2.24, 2.45) is 5.92 Å². The lowest BCUT2D eigenvalue weighted by atomic mass is 9.96. The predicted molar refractivity (Wildman–Crippen MR) is 128 cm³/mol. The van der Waals surface area contributed by atoms with Gasteiger partial charge in [0.1, 0.15) is 10.6 Å². The zero-order chi connectivity index (χ0) is 23.4. The van der Waals surface area contributed by atoms with Crippen LogP contribution in [0.5, 0.6) is 11.5 Å². The predicted octanol–water partition coefficient (Wildman–Crippen LogP) is 3.56. The number of benzene rings is 1. The molecule has 8 heteroatoms. The van der Waals surface area contributed by atoms with Gasteiger partial charge < -0.3 is 19.7 Å². The van der Waals surface area contributed by atoms with E-state index in [2.05, 4.69) is 10.3 Å². The standard InChI is InChI=1S/C25H31N3O4S/c1-25(2)14-18-6-4-8-20(22(18)32-25)31-16-21(29)27-15-17-9-12-28(13-10-17)24(30)19-7-5-11-26-23(19)33-3/h4-8,11,17H,9-10,12-16H2,1-3H3,(H,27,29). The molecule has 1 aromatic heterocycles. The Balaban J connectivity index is 1.21. The van der Waals surface area contributed by atoms with Crippen molar-refractivity contribution in [2.45, 2.75) is 43.7 Å². The van der Waals surface area contributed by atoms with E-state index in [9.17, 15) is 9.59 Å². The summed E-state index contributed by atoms with van der Waals surface area (Å²) in [6, 6.07) is 9.43. The highest BCUT2D eigenvalue weighted by molar-refractivity contribution is 7.98.